The van der Waals surface area contributed by atoms with Crippen LogP contribution in [0.3, 0.4) is 0 Å². The van der Waals surface area contributed by atoms with E-state index in [4.69, 9.17) is 0 Å². The molecule has 1 heterocycles. The highest BCUT2D eigenvalue weighted by Gasteiger charge is 2.36. The number of thiol groups is 1. The first-order valence-electron chi connectivity index (χ1n) is 7.45. The van der Waals surface area contributed by atoms with Gasteiger partial charge in [-0.2, -0.15) is 25.8 Å². The van der Waals surface area contributed by atoms with Gasteiger partial charge in [-0.15, -0.1) is 11.3 Å². The fourth-order valence-corrected chi connectivity index (χ4v) is 4.47. The number of aromatic nitrogens is 1. The summed E-state index contributed by atoms with van der Waals surface area (Å²) in [5.41, 5.74) is -0.197. The number of hydrogen-bond donors (Lipinski definition) is 1. The summed E-state index contributed by atoms with van der Waals surface area (Å²) in [6.45, 7) is 3.70. The van der Waals surface area contributed by atoms with E-state index in [0.717, 1.165) is 29.8 Å². The van der Waals surface area contributed by atoms with Gasteiger partial charge in [-0.3, -0.25) is 0 Å². The van der Waals surface area contributed by atoms with Gasteiger partial charge in [-0.1, -0.05) is 13.0 Å². The summed E-state index contributed by atoms with van der Waals surface area (Å²) in [5.74, 6) is 0. The van der Waals surface area contributed by atoms with Gasteiger partial charge in [0.15, 0.2) is 9.84 Å². The normalized spacial score (nSPS) is 13.9. The van der Waals surface area contributed by atoms with Crippen LogP contribution in [0.15, 0.2) is 23.1 Å². The average molecular weight is 410 g/mol. The van der Waals surface area contributed by atoms with E-state index in [-0.39, 0.29) is 5.25 Å². The zero-order valence-electron chi connectivity index (χ0n) is 13.9. The molecular weight excluding hydrogens is 391 g/mol. The number of alkyl halides is 3. The molecule has 0 aliphatic carbocycles. The van der Waals surface area contributed by atoms with Crippen LogP contribution in [0, 0.1) is 6.92 Å². The Morgan fingerprint density at radius 3 is 2.48 bits per heavy atom. The van der Waals surface area contributed by atoms with Crippen LogP contribution in [0.1, 0.15) is 29.6 Å². The van der Waals surface area contributed by atoms with Crippen LogP contribution in [-0.4, -0.2) is 24.9 Å². The van der Waals surface area contributed by atoms with Gasteiger partial charge in [0, 0.05) is 12.7 Å². The smallest absolute Gasteiger partial charge is 0.246 e. The third-order valence-corrected chi connectivity index (χ3v) is 6.24. The molecule has 0 aliphatic heterocycles. The Hall–Kier alpha value is -1.06. The summed E-state index contributed by atoms with van der Waals surface area (Å²) in [6, 6.07) is 3.31. The Morgan fingerprint density at radius 1 is 1.32 bits per heavy atom. The summed E-state index contributed by atoms with van der Waals surface area (Å²) in [4.78, 5) is 4.31. The Balaban J connectivity index is 2.51. The minimum absolute atomic E-state index is 0.207. The van der Waals surface area contributed by atoms with Crippen LogP contribution >= 0.6 is 24.0 Å². The minimum Gasteiger partial charge on any atom is -0.246 e. The maximum atomic E-state index is 13.3. The van der Waals surface area contributed by atoms with E-state index in [1.165, 1.54) is 17.4 Å². The van der Waals surface area contributed by atoms with E-state index < -0.39 is 26.5 Å². The molecule has 0 radical (unpaired) electrons. The molecule has 3 nitrogen and oxygen atoms in total. The number of thiazole rings is 1. The van der Waals surface area contributed by atoms with Crippen LogP contribution in [0.4, 0.5) is 13.2 Å². The van der Waals surface area contributed by atoms with Crippen molar-refractivity contribution < 1.29 is 21.6 Å². The lowest BCUT2D eigenvalue weighted by Crippen LogP contribution is -2.12. The summed E-state index contributed by atoms with van der Waals surface area (Å²) in [6.07, 6.45) is -2.47. The summed E-state index contributed by atoms with van der Waals surface area (Å²) >= 11 is 5.63. The van der Waals surface area contributed by atoms with Gasteiger partial charge in [0.2, 0.25) is 0 Å². The van der Waals surface area contributed by atoms with Crippen molar-refractivity contribution in [1.29, 1.82) is 0 Å². The predicted molar refractivity (Wildman–Crippen MR) is 97.2 cm³/mol. The number of aryl methyl sites for hydroxylation is 2. The molecule has 1 atom stereocenters. The predicted octanol–water partition coefficient (Wildman–Crippen LogP) is 4.79. The van der Waals surface area contributed by atoms with Crippen molar-refractivity contribution in [3.8, 4) is 10.4 Å². The van der Waals surface area contributed by atoms with Crippen molar-refractivity contribution in [3.63, 3.8) is 0 Å². The summed E-state index contributed by atoms with van der Waals surface area (Å²) in [5, 5.41) is 1.03. The fraction of sp³-hybridized carbons (Fsp3) is 0.438. The zero-order valence-corrected chi connectivity index (χ0v) is 16.4. The third-order valence-electron chi connectivity index (χ3n) is 3.56. The standard InChI is InChI=1S/C16H18F3NO2S3/c1-9(23)4-7-14-20-10(2)15(24-14)11-5-6-13(25(3,21)22)12(8-11)16(17,18)19/h5-6,8-9,23H,4,7H2,1-3H3. The molecule has 0 amide bonds. The molecule has 1 aromatic heterocycles. The lowest BCUT2D eigenvalue weighted by molar-refractivity contribution is -0.139. The highest BCUT2D eigenvalue weighted by atomic mass is 32.2. The molecule has 0 spiro atoms. The van der Waals surface area contributed by atoms with E-state index in [1.807, 2.05) is 6.92 Å². The van der Waals surface area contributed by atoms with E-state index in [1.54, 1.807) is 6.92 Å². The largest absolute Gasteiger partial charge is 0.417 e. The molecule has 2 rings (SSSR count). The Bertz CT molecular complexity index is 871. The van der Waals surface area contributed by atoms with Crippen molar-refractivity contribution in [3.05, 3.63) is 34.5 Å². The number of halogens is 3. The lowest BCUT2D eigenvalue weighted by Gasteiger charge is -2.13. The second-order valence-electron chi connectivity index (χ2n) is 5.89. The third kappa shape index (κ3) is 4.98. The van der Waals surface area contributed by atoms with Gasteiger partial charge in [-0.05, 0) is 36.3 Å². The fourth-order valence-electron chi connectivity index (χ4n) is 2.38. The molecule has 0 fully saturated rings. The first-order valence-corrected chi connectivity index (χ1v) is 10.7. The van der Waals surface area contributed by atoms with E-state index >= 15 is 0 Å². The van der Waals surface area contributed by atoms with E-state index in [2.05, 4.69) is 17.6 Å². The number of benzene rings is 1. The molecular formula is C16H18F3NO2S3. The molecule has 9 heteroatoms. The van der Waals surface area contributed by atoms with Crippen molar-refractivity contribution in [2.24, 2.45) is 0 Å². The second kappa shape index (κ2) is 7.28. The van der Waals surface area contributed by atoms with Crippen molar-refractivity contribution in [2.75, 3.05) is 6.26 Å². The van der Waals surface area contributed by atoms with Crippen LogP contribution in [0.5, 0.6) is 0 Å². The van der Waals surface area contributed by atoms with Gasteiger partial charge in [-0.25, -0.2) is 13.4 Å². The van der Waals surface area contributed by atoms with E-state index in [9.17, 15) is 21.6 Å². The van der Waals surface area contributed by atoms with Crippen molar-refractivity contribution in [2.45, 2.75) is 43.0 Å². The van der Waals surface area contributed by atoms with Gasteiger partial charge >= 0.3 is 6.18 Å². The minimum atomic E-state index is -4.75. The number of rotatable bonds is 5. The number of hydrogen-bond acceptors (Lipinski definition) is 5. The van der Waals surface area contributed by atoms with Gasteiger partial charge in [0.05, 0.1) is 26.0 Å². The zero-order chi connectivity index (χ0) is 19.0. The average Bonchev–Trinajstić information content (AvgIpc) is 2.84. The monoisotopic (exact) mass is 409 g/mol. The Morgan fingerprint density at radius 2 is 1.96 bits per heavy atom. The van der Waals surface area contributed by atoms with Crippen LogP contribution in [-0.2, 0) is 22.4 Å². The molecule has 138 valence electrons. The number of sulfone groups is 1. The second-order valence-corrected chi connectivity index (χ2v) is 9.84. The quantitative estimate of drug-likeness (QED) is 0.722. The summed E-state index contributed by atoms with van der Waals surface area (Å²) < 4.78 is 63.2. The van der Waals surface area contributed by atoms with Crippen molar-refractivity contribution >= 4 is 33.8 Å². The van der Waals surface area contributed by atoms with Gasteiger partial charge in [0.25, 0.3) is 0 Å². The van der Waals surface area contributed by atoms with Crippen LogP contribution < -0.4 is 0 Å². The highest BCUT2D eigenvalue weighted by Crippen LogP contribution is 2.39. The maximum absolute atomic E-state index is 13.3. The van der Waals surface area contributed by atoms with Crippen LogP contribution in [0.2, 0.25) is 0 Å². The lowest BCUT2D eigenvalue weighted by atomic mass is 10.1. The molecule has 25 heavy (non-hydrogen) atoms. The molecule has 1 aromatic carbocycles. The molecule has 0 N–H and O–H groups in total. The Kier molecular flexibility index (Phi) is 5.90. The molecule has 0 saturated heterocycles. The number of nitrogens with zero attached hydrogens (tertiary/aromatic N) is 1. The van der Waals surface area contributed by atoms with Crippen molar-refractivity contribution in [1.82, 2.24) is 4.98 Å². The van der Waals surface area contributed by atoms with Crippen LogP contribution in [0.25, 0.3) is 10.4 Å². The maximum Gasteiger partial charge on any atom is 0.417 e. The Labute approximate surface area is 154 Å². The molecule has 0 aliphatic rings. The molecule has 1 unspecified atom stereocenters. The molecule has 2 aromatic rings. The SMILES string of the molecule is Cc1nc(CCC(C)S)sc1-c1ccc(S(C)(=O)=O)c(C(F)(F)F)c1. The topological polar surface area (TPSA) is 47.0 Å². The highest BCUT2D eigenvalue weighted by molar-refractivity contribution is 7.90. The molecule has 0 bridgehead atoms. The first-order chi connectivity index (χ1) is 11.4. The summed E-state index contributed by atoms with van der Waals surface area (Å²) in [7, 11) is -3.98. The molecule has 0 saturated carbocycles. The van der Waals surface area contributed by atoms with Gasteiger partial charge in [0.1, 0.15) is 0 Å². The van der Waals surface area contributed by atoms with Gasteiger partial charge < -0.3 is 0 Å². The van der Waals surface area contributed by atoms with E-state index in [0.29, 0.717) is 22.6 Å². The first kappa shape index (κ1) is 20.3.